The summed E-state index contributed by atoms with van der Waals surface area (Å²) in [6.07, 6.45) is -0.0904. The number of rotatable bonds is 4. The Morgan fingerprint density at radius 1 is 1.47 bits per heavy atom. The highest BCUT2D eigenvalue weighted by molar-refractivity contribution is 5.64. The molecule has 1 atom stereocenters. The number of carbonyl (C=O) groups is 1. The number of quaternary nitrogens is 1. The SMILES string of the molecule is [NH3+][C@@H](CCC(=O)[O-])c1cc(F)ccc1F. The third-order valence-corrected chi connectivity index (χ3v) is 2.09. The zero-order valence-electron chi connectivity index (χ0n) is 8.00. The van der Waals surface area contributed by atoms with E-state index in [4.69, 9.17) is 0 Å². The maximum atomic E-state index is 13.2. The van der Waals surface area contributed by atoms with Gasteiger partial charge in [0.1, 0.15) is 17.7 Å². The maximum Gasteiger partial charge on any atom is 0.132 e. The Labute approximate surface area is 85.5 Å². The molecule has 0 spiro atoms. The first kappa shape index (κ1) is 11.6. The van der Waals surface area contributed by atoms with E-state index in [9.17, 15) is 18.7 Å². The lowest BCUT2D eigenvalue weighted by Crippen LogP contribution is -2.54. The van der Waals surface area contributed by atoms with E-state index < -0.39 is 23.6 Å². The standard InChI is InChI=1S/C10H11F2NO2/c11-6-1-2-8(12)7(5-6)9(13)3-4-10(14)15/h1-2,5,9H,3-4,13H2,(H,14,15)/t9-/m0/s1. The predicted octanol–water partition coefficient (Wildman–Crippen LogP) is -0.222. The quantitative estimate of drug-likeness (QED) is 0.754. The second-order valence-corrected chi connectivity index (χ2v) is 3.27. The van der Waals surface area contributed by atoms with E-state index in [-0.39, 0.29) is 18.4 Å². The van der Waals surface area contributed by atoms with Crippen LogP contribution in [0.1, 0.15) is 24.4 Å². The number of hydrogen-bond donors (Lipinski definition) is 1. The van der Waals surface area contributed by atoms with Gasteiger partial charge in [0, 0.05) is 18.0 Å². The molecule has 0 radical (unpaired) electrons. The monoisotopic (exact) mass is 215 g/mol. The number of carboxylic acid groups (broad SMARTS) is 1. The Morgan fingerprint density at radius 3 is 2.73 bits per heavy atom. The van der Waals surface area contributed by atoms with Crippen molar-refractivity contribution in [1.29, 1.82) is 0 Å². The molecular formula is C10H11F2NO2. The van der Waals surface area contributed by atoms with E-state index in [1.165, 1.54) is 0 Å². The molecule has 0 saturated carbocycles. The molecule has 5 heteroatoms. The van der Waals surface area contributed by atoms with Crippen LogP contribution >= 0.6 is 0 Å². The van der Waals surface area contributed by atoms with Gasteiger partial charge in [-0.25, -0.2) is 8.78 Å². The fourth-order valence-electron chi connectivity index (χ4n) is 1.28. The summed E-state index contributed by atoms with van der Waals surface area (Å²) in [5, 5.41) is 10.2. The minimum Gasteiger partial charge on any atom is -0.550 e. The molecule has 82 valence electrons. The number of carboxylic acids is 1. The lowest BCUT2D eigenvalue weighted by molar-refractivity contribution is -0.429. The van der Waals surface area contributed by atoms with Crippen LogP contribution in [0.2, 0.25) is 0 Å². The van der Waals surface area contributed by atoms with Crippen molar-refractivity contribution in [3.63, 3.8) is 0 Å². The lowest BCUT2D eigenvalue weighted by Gasteiger charge is -2.10. The van der Waals surface area contributed by atoms with Gasteiger partial charge in [0.05, 0.1) is 0 Å². The first-order chi connectivity index (χ1) is 7.00. The van der Waals surface area contributed by atoms with Crippen LogP contribution in [-0.4, -0.2) is 5.97 Å². The number of aliphatic carboxylic acids is 1. The van der Waals surface area contributed by atoms with Crippen molar-refractivity contribution < 1.29 is 24.4 Å². The van der Waals surface area contributed by atoms with Crippen molar-refractivity contribution in [2.24, 2.45) is 0 Å². The summed E-state index contributed by atoms with van der Waals surface area (Å²) in [6, 6.07) is 2.45. The second-order valence-electron chi connectivity index (χ2n) is 3.27. The number of halogens is 2. The molecule has 1 rings (SSSR count). The van der Waals surface area contributed by atoms with Crippen molar-refractivity contribution >= 4 is 5.97 Å². The van der Waals surface area contributed by atoms with Gasteiger partial charge in [0.2, 0.25) is 0 Å². The van der Waals surface area contributed by atoms with Gasteiger partial charge in [0.25, 0.3) is 0 Å². The van der Waals surface area contributed by atoms with Crippen molar-refractivity contribution in [3.05, 3.63) is 35.4 Å². The molecule has 0 aliphatic carbocycles. The zero-order valence-corrected chi connectivity index (χ0v) is 8.00. The van der Waals surface area contributed by atoms with E-state index in [2.05, 4.69) is 5.73 Å². The highest BCUT2D eigenvalue weighted by Gasteiger charge is 2.15. The van der Waals surface area contributed by atoms with E-state index in [0.29, 0.717) is 0 Å². The molecule has 15 heavy (non-hydrogen) atoms. The van der Waals surface area contributed by atoms with E-state index in [0.717, 1.165) is 18.2 Å². The third-order valence-electron chi connectivity index (χ3n) is 2.09. The Hall–Kier alpha value is -1.49. The summed E-state index contributed by atoms with van der Waals surface area (Å²) in [7, 11) is 0. The van der Waals surface area contributed by atoms with E-state index in [1.807, 2.05) is 0 Å². The van der Waals surface area contributed by atoms with Gasteiger partial charge in [-0.05, 0) is 24.6 Å². The summed E-state index contributed by atoms with van der Waals surface area (Å²) in [5.41, 5.74) is 3.68. The van der Waals surface area contributed by atoms with Crippen molar-refractivity contribution in [1.82, 2.24) is 0 Å². The number of benzene rings is 1. The summed E-state index contributed by atoms with van der Waals surface area (Å²) >= 11 is 0. The van der Waals surface area contributed by atoms with Crippen LogP contribution in [0.15, 0.2) is 18.2 Å². The molecule has 1 aromatic carbocycles. The first-order valence-electron chi connectivity index (χ1n) is 4.48. The van der Waals surface area contributed by atoms with E-state index in [1.54, 1.807) is 0 Å². The van der Waals surface area contributed by atoms with Crippen molar-refractivity contribution in [2.45, 2.75) is 18.9 Å². The Kier molecular flexibility index (Phi) is 3.74. The fourth-order valence-corrected chi connectivity index (χ4v) is 1.28. The van der Waals surface area contributed by atoms with Gasteiger partial charge in [-0.15, -0.1) is 0 Å². The summed E-state index contributed by atoms with van der Waals surface area (Å²) in [6.45, 7) is 0. The highest BCUT2D eigenvalue weighted by Crippen LogP contribution is 2.18. The molecule has 0 aliphatic rings. The molecule has 0 heterocycles. The molecule has 0 saturated heterocycles. The number of hydrogen-bond acceptors (Lipinski definition) is 2. The molecule has 1 aromatic rings. The largest absolute Gasteiger partial charge is 0.550 e. The Morgan fingerprint density at radius 2 is 2.13 bits per heavy atom. The second kappa shape index (κ2) is 4.84. The molecule has 0 amide bonds. The minimum atomic E-state index is -1.22. The summed E-state index contributed by atoms with van der Waals surface area (Å²) in [4.78, 5) is 10.2. The highest BCUT2D eigenvalue weighted by atomic mass is 19.1. The first-order valence-corrected chi connectivity index (χ1v) is 4.48. The van der Waals surface area contributed by atoms with Crippen LogP contribution in [0.5, 0.6) is 0 Å². The van der Waals surface area contributed by atoms with Gasteiger partial charge in [-0.3, -0.25) is 0 Å². The van der Waals surface area contributed by atoms with Crippen LogP contribution in [0.4, 0.5) is 8.78 Å². The average molecular weight is 215 g/mol. The average Bonchev–Trinajstić information content (AvgIpc) is 2.18. The normalized spacial score (nSPS) is 12.5. The maximum absolute atomic E-state index is 13.2. The predicted molar refractivity (Wildman–Crippen MR) is 46.2 cm³/mol. The van der Waals surface area contributed by atoms with Gasteiger partial charge < -0.3 is 15.6 Å². The smallest absolute Gasteiger partial charge is 0.132 e. The molecule has 0 unspecified atom stereocenters. The van der Waals surface area contributed by atoms with Crippen LogP contribution < -0.4 is 10.8 Å². The molecular weight excluding hydrogens is 204 g/mol. The van der Waals surface area contributed by atoms with Crippen LogP contribution in [0, 0.1) is 11.6 Å². The summed E-state index contributed by atoms with van der Waals surface area (Å²) in [5.74, 6) is -2.36. The van der Waals surface area contributed by atoms with Gasteiger partial charge in [0.15, 0.2) is 0 Å². The molecule has 0 bridgehead atoms. The van der Waals surface area contributed by atoms with E-state index >= 15 is 0 Å². The van der Waals surface area contributed by atoms with Crippen LogP contribution in [-0.2, 0) is 4.79 Å². The Bertz CT molecular complexity index is 368. The van der Waals surface area contributed by atoms with Crippen molar-refractivity contribution in [2.75, 3.05) is 0 Å². The molecule has 3 N–H and O–H groups in total. The Balaban J connectivity index is 2.76. The molecule has 0 fully saturated rings. The van der Waals surface area contributed by atoms with Crippen molar-refractivity contribution in [3.8, 4) is 0 Å². The van der Waals surface area contributed by atoms with Crippen LogP contribution in [0.3, 0.4) is 0 Å². The molecule has 3 nitrogen and oxygen atoms in total. The van der Waals surface area contributed by atoms with Gasteiger partial charge >= 0.3 is 0 Å². The topological polar surface area (TPSA) is 67.8 Å². The molecule has 0 aliphatic heterocycles. The van der Waals surface area contributed by atoms with Gasteiger partial charge in [-0.2, -0.15) is 0 Å². The number of carbonyl (C=O) groups excluding carboxylic acids is 1. The summed E-state index contributed by atoms with van der Waals surface area (Å²) < 4.78 is 26.0. The minimum absolute atomic E-state index is 0.0938. The zero-order chi connectivity index (χ0) is 11.4. The molecule has 0 aromatic heterocycles. The van der Waals surface area contributed by atoms with Crippen LogP contribution in [0.25, 0.3) is 0 Å². The fraction of sp³-hybridized carbons (Fsp3) is 0.300. The lowest BCUT2D eigenvalue weighted by atomic mass is 10.0. The van der Waals surface area contributed by atoms with Gasteiger partial charge in [-0.1, -0.05) is 0 Å². The third kappa shape index (κ3) is 3.28.